The third kappa shape index (κ3) is 3.15. The van der Waals surface area contributed by atoms with Gasteiger partial charge in [0.2, 0.25) is 0 Å². The largest absolute Gasteiger partial charge is 0.368 e. The summed E-state index contributed by atoms with van der Waals surface area (Å²) in [4.78, 5) is 2.17. The van der Waals surface area contributed by atoms with Crippen molar-refractivity contribution in [2.24, 2.45) is 0 Å². The lowest BCUT2D eigenvalue weighted by Crippen LogP contribution is -2.46. The fourth-order valence-corrected chi connectivity index (χ4v) is 3.44. The summed E-state index contributed by atoms with van der Waals surface area (Å²) in [5, 5.41) is 4.44. The van der Waals surface area contributed by atoms with E-state index < -0.39 is 0 Å². The van der Waals surface area contributed by atoms with Gasteiger partial charge in [0.15, 0.2) is 0 Å². The van der Waals surface area contributed by atoms with Crippen LogP contribution < -0.4 is 10.2 Å². The molecule has 1 aliphatic carbocycles. The van der Waals surface area contributed by atoms with Crippen LogP contribution in [-0.4, -0.2) is 25.2 Å². The van der Waals surface area contributed by atoms with Crippen LogP contribution in [0.5, 0.6) is 0 Å². The average molecular weight is 303 g/mol. The van der Waals surface area contributed by atoms with Gasteiger partial charge in [-0.3, -0.25) is 0 Å². The van der Waals surface area contributed by atoms with Crippen molar-refractivity contribution in [2.75, 3.05) is 18.0 Å². The lowest BCUT2D eigenvalue weighted by molar-refractivity contribution is 0.420. The van der Waals surface area contributed by atoms with Crippen LogP contribution in [0, 0.1) is 5.82 Å². The molecule has 1 aromatic carbocycles. The van der Waals surface area contributed by atoms with Gasteiger partial charge in [-0.1, -0.05) is 23.2 Å². The van der Waals surface area contributed by atoms with Crippen LogP contribution in [0.15, 0.2) is 12.1 Å². The summed E-state index contributed by atoms with van der Waals surface area (Å²) < 4.78 is 13.2. The number of nitrogens with zero attached hydrogens (tertiary/aromatic N) is 1. The third-order valence-electron chi connectivity index (χ3n) is 3.77. The zero-order valence-corrected chi connectivity index (χ0v) is 12.1. The summed E-state index contributed by atoms with van der Waals surface area (Å²) in [5.41, 5.74) is 0.770. The average Bonchev–Trinajstić information content (AvgIpc) is 3.12. The number of hydrogen-bond acceptors (Lipinski definition) is 2. The van der Waals surface area contributed by atoms with Crippen molar-refractivity contribution in [3.05, 3.63) is 28.0 Å². The minimum Gasteiger partial charge on any atom is -0.368 e. The lowest BCUT2D eigenvalue weighted by Gasteiger charge is -2.36. The molecule has 1 saturated carbocycles. The van der Waals surface area contributed by atoms with Gasteiger partial charge in [0, 0.05) is 25.2 Å². The third-order valence-corrected chi connectivity index (χ3v) is 4.34. The molecular weight excluding hydrogens is 286 g/mol. The molecule has 5 heteroatoms. The highest BCUT2D eigenvalue weighted by molar-refractivity contribution is 6.39. The second-order valence-corrected chi connectivity index (χ2v) is 6.26. The van der Waals surface area contributed by atoms with E-state index in [2.05, 4.69) is 10.2 Å². The Morgan fingerprint density at radius 2 is 1.79 bits per heavy atom. The fraction of sp³-hybridized carbons (Fsp3) is 0.571. The zero-order chi connectivity index (χ0) is 13.4. The van der Waals surface area contributed by atoms with Crippen molar-refractivity contribution in [3.8, 4) is 0 Å². The Bertz CT molecular complexity index is 454. The summed E-state index contributed by atoms with van der Waals surface area (Å²) in [6.07, 6.45) is 4.86. The number of rotatable bonds is 3. The molecule has 0 amide bonds. The van der Waals surface area contributed by atoms with Gasteiger partial charge in [-0.2, -0.15) is 0 Å². The van der Waals surface area contributed by atoms with E-state index in [9.17, 15) is 4.39 Å². The topological polar surface area (TPSA) is 15.3 Å². The predicted octanol–water partition coefficient (Wildman–Crippen LogP) is 3.85. The number of piperidine rings is 1. The van der Waals surface area contributed by atoms with Crippen LogP contribution in [0.2, 0.25) is 10.0 Å². The molecule has 19 heavy (non-hydrogen) atoms. The van der Waals surface area contributed by atoms with Crippen LogP contribution in [0.1, 0.15) is 25.7 Å². The first kappa shape index (κ1) is 13.5. The number of halogens is 3. The maximum Gasteiger partial charge on any atom is 0.126 e. The molecule has 0 spiro atoms. The van der Waals surface area contributed by atoms with Gasteiger partial charge >= 0.3 is 0 Å². The SMILES string of the molecule is Fc1cc(Cl)c(N2CCCC(NC3CC3)C2)c(Cl)c1. The quantitative estimate of drug-likeness (QED) is 0.912. The second kappa shape index (κ2) is 5.47. The fourth-order valence-electron chi connectivity index (χ4n) is 2.74. The van der Waals surface area contributed by atoms with E-state index in [-0.39, 0.29) is 5.82 Å². The maximum atomic E-state index is 13.2. The Morgan fingerprint density at radius 3 is 2.42 bits per heavy atom. The van der Waals surface area contributed by atoms with E-state index in [0.717, 1.165) is 25.2 Å². The Morgan fingerprint density at radius 1 is 1.11 bits per heavy atom. The molecule has 1 heterocycles. The second-order valence-electron chi connectivity index (χ2n) is 5.44. The minimum atomic E-state index is -0.386. The van der Waals surface area contributed by atoms with Crippen molar-refractivity contribution in [2.45, 2.75) is 37.8 Å². The summed E-state index contributed by atoms with van der Waals surface area (Å²) in [6.45, 7) is 1.81. The van der Waals surface area contributed by atoms with Crippen molar-refractivity contribution in [1.82, 2.24) is 5.32 Å². The highest BCUT2D eigenvalue weighted by Gasteiger charge is 2.29. The van der Waals surface area contributed by atoms with Crippen LogP contribution in [0.3, 0.4) is 0 Å². The maximum absolute atomic E-state index is 13.2. The standard InChI is InChI=1S/C14H17Cl2FN2/c15-12-6-9(17)7-13(16)14(12)19-5-1-2-11(8-19)18-10-3-4-10/h6-7,10-11,18H,1-5,8H2. The first-order valence-electron chi connectivity index (χ1n) is 6.79. The number of anilines is 1. The molecule has 1 aliphatic heterocycles. The van der Waals surface area contributed by atoms with E-state index >= 15 is 0 Å². The zero-order valence-electron chi connectivity index (χ0n) is 10.6. The van der Waals surface area contributed by atoms with Crippen LogP contribution in [-0.2, 0) is 0 Å². The van der Waals surface area contributed by atoms with Gasteiger partial charge < -0.3 is 10.2 Å². The smallest absolute Gasteiger partial charge is 0.126 e. The number of hydrogen-bond donors (Lipinski definition) is 1. The molecule has 0 radical (unpaired) electrons. The van der Waals surface area contributed by atoms with Gasteiger partial charge in [0.1, 0.15) is 5.82 Å². The van der Waals surface area contributed by atoms with Gasteiger partial charge in [0.05, 0.1) is 15.7 Å². The van der Waals surface area contributed by atoms with Crippen LogP contribution >= 0.6 is 23.2 Å². The van der Waals surface area contributed by atoms with E-state index in [1.165, 1.54) is 31.4 Å². The highest BCUT2D eigenvalue weighted by Crippen LogP contribution is 2.36. The van der Waals surface area contributed by atoms with Gasteiger partial charge in [-0.25, -0.2) is 4.39 Å². The summed E-state index contributed by atoms with van der Waals surface area (Å²) >= 11 is 12.3. The molecule has 0 bridgehead atoms. The first-order chi connectivity index (χ1) is 9.13. The van der Waals surface area contributed by atoms with E-state index in [4.69, 9.17) is 23.2 Å². The molecule has 0 aromatic heterocycles. The number of benzene rings is 1. The predicted molar refractivity (Wildman–Crippen MR) is 77.8 cm³/mol. The van der Waals surface area contributed by atoms with Gasteiger partial charge in [-0.15, -0.1) is 0 Å². The molecule has 1 aromatic rings. The van der Waals surface area contributed by atoms with E-state index in [1.54, 1.807) is 0 Å². The van der Waals surface area contributed by atoms with Crippen LogP contribution in [0.25, 0.3) is 0 Å². The normalized spacial score (nSPS) is 23.7. The lowest BCUT2D eigenvalue weighted by atomic mass is 10.0. The van der Waals surface area contributed by atoms with Crippen molar-refractivity contribution in [3.63, 3.8) is 0 Å². The molecular formula is C14H17Cl2FN2. The molecule has 1 saturated heterocycles. The molecule has 2 aliphatic rings. The molecule has 3 rings (SSSR count). The molecule has 104 valence electrons. The monoisotopic (exact) mass is 302 g/mol. The molecule has 1 N–H and O–H groups in total. The Kier molecular flexibility index (Phi) is 3.88. The molecule has 2 fully saturated rings. The Labute approximate surface area is 122 Å². The molecule has 1 atom stereocenters. The Balaban J connectivity index is 1.77. The minimum absolute atomic E-state index is 0.386. The van der Waals surface area contributed by atoms with Crippen molar-refractivity contribution < 1.29 is 4.39 Å². The number of nitrogens with one attached hydrogen (secondary N) is 1. The molecule has 1 unspecified atom stereocenters. The van der Waals surface area contributed by atoms with Crippen LogP contribution in [0.4, 0.5) is 10.1 Å². The Hall–Kier alpha value is -0.510. The first-order valence-corrected chi connectivity index (χ1v) is 7.54. The van der Waals surface area contributed by atoms with E-state index in [0.29, 0.717) is 22.1 Å². The summed E-state index contributed by atoms with van der Waals surface area (Å²) in [7, 11) is 0. The highest BCUT2D eigenvalue weighted by atomic mass is 35.5. The van der Waals surface area contributed by atoms with Crippen molar-refractivity contribution >= 4 is 28.9 Å². The molecule has 2 nitrogen and oxygen atoms in total. The van der Waals surface area contributed by atoms with Crippen molar-refractivity contribution in [1.29, 1.82) is 0 Å². The summed E-state index contributed by atoms with van der Waals surface area (Å²) in [6, 6.07) is 3.85. The van der Waals surface area contributed by atoms with Gasteiger partial charge in [0.25, 0.3) is 0 Å². The van der Waals surface area contributed by atoms with Gasteiger partial charge in [-0.05, 0) is 37.8 Å². The van der Waals surface area contributed by atoms with E-state index in [1.807, 2.05) is 0 Å². The summed E-state index contributed by atoms with van der Waals surface area (Å²) in [5.74, 6) is -0.386.